The van der Waals surface area contributed by atoms with Crippen LogP contribution < -0.4 is 20.3 Å². The number of rotatable bonds is 7. The Morgan fingerprint density at radius 3 is 2.59 bits per heavy atom. The van der Waals surface area contributed by atoms with Crippen LogP contribution in [-0.2, 0) is 11.3 Å². The minimum Gasteiger partial charge on any atom is -0.496 e. The van der Waals surface area contributed by atoms with Gasteiger partial charge in [0.25, 0.3) is 0 Å². The fraction of sp³-hybridized carbons (Fsp3) is 0.370. The van der Waals surface area contributed by atoms with Gasteiger partial charge < -0.3 is 20.3 Å². The second-order valence-corrected chi connectivity index (χ2v) is 8.92. The number of amides is 1. The van der Waals surface area contributed by atoms with Crippen molar-refractivity contribution in [2.75, 3.05) is 30.4 Å². The summed E-state index contributed by atoms with van der Waals surface area (Å²) in [4.78, 5) is 14.5. The molecule has 1 amide bonds. The SMILES string of the molecule is COc1ccc2ccccc2c1CNC1CCN(c2cccc(NC(=O)C3CC3)c2)CC1. The fourth-order valence-corrected chi connectivity index (χ4v) is 4.65. The van der Waals surface area contributed by atoms with Crippen LogP contribution in [-0.4, -0.2) is 32.1 Å². The quantitative estimate of drug-likeness (QED) is 0.558. The number of benzene rings is 3. The van der Waals surface area contributed by atoms with Gasteiger partial charge in [-0.1, -0.05) is 36.4 Å². The molecule has 1 saturated heterocycles. The Morgan fingerprint density at radius 1 is 1.00 bits per heavy atom. The molecule has 1 aliphatic carbocycles. The highest BCUT2D eigenvalue weighted by atomic mass is 16.5. The molecular formula is C27H31N3O2. The molecular weight excluding hydrogens is 398 g/mol. The molecule has 0 aromatic heterocycles. The number of piperidine rings is 1. The second kappa shape index (κ2) is 9.21. The van der Waals surface area contributed by atoms with Crippen LogP contribution in [0.2, 0.25) is 0 Å². The van der Waals surface area contributed by atoms with Crippen LogP contribution in [0, 0.1) is 5.92 Å². The monoisotopic (exact) mass is 429 g/mol. The Bertz CT molecular complexity index is 1100. The lowest BCUT2D eigenvalue weighted by Gasteiger charge is -2.34. The van der Waals surface area contributed by atoms with Gasteiger partial charge in [-0.25, -0.2) is 0 Å². The Labute approximate surface area is 189 Å². The van der Waals surface area contributed by atoms with Crippen LogP contribution in [0.15, 0.2) is 60.7 Å². The number of carbonyl (C=O) groups excluding carboxylic acids is 1. The van der Waals surface area contributed by atoms with E-state index in [9.17, 15) is 4.79 Å². The molecule has 0 spiro atoms. The molecule has 5 rings (SSSR count). The molecule has 3 aromatic rings. The van der Waals surface area contributed by atoms with Crippen molar-refractivity contribution in [1.29, 1.82) is 0 Å². The average Bonchev–Trinajstić information content (AvgIpc) is 3.69. The molecule has 0 radical (unpaired) electrons. The van der Waals surface area contributed by atoms with E-state index in [1.807, 2.05) is 12.1 Å². The number of anilines is 2. The van der Waals surface area contributed by atoms with E-state index in [1.54, 1.807) is 7.11 Å². The lowest BCUT2D eigenvalue weighted by atomic mass is 10.0. The Kier molecular flexibility index (Phi) is 5.99. The molecule has 1 aliphatic heterocycles. The van der Waals surface area contributed by atoms with Crippen molar-refractivity contribution in [3.63, 3.8) is 0 Å². The number of hydrogen-bond donors (Lipinski definition) is 2. The van der Waals surface area contributed by atoms with Gasteiger partial charge in [0.05, 0.1) is 7.11 Å². The van der Waals surface area contributed by atoms with Crippen LogP contribution >= 0.6 is 0 Å². The molecule has 0 unspecified atom stereocenters. The zero-order valence-electron chi connectivity index (χ0n) is 18.6. The summed E-state index contributed by atoms with van der Waals surface area (Å²) in [5.74, 6) is 1.33. The van der Waals surface area contributed by atoms with Gasteiger partial charge in [0.1, 0.15) is 5.75 Å². The van der Waals surface area contributed by atoms with Gasteiger partial charge in [-0.3, -0.25) is 4.79 Å². The maximum absolute atomic E-state index is 12.1. The first kappa shape index (κ1) is 20.8. The summed E-state index contributed by atoms with van der Waals surface area (Å²) >= 11 is 0. The highest BCUT2D eigenvalue weighted by Crippen LogP contribution is 2.31. The summed E-state index contributed by atoms with van der Waals surface area (Å²) in [6.07, 6.45) is 4.23. The molecule has 0 bridgehead atoms. The smallest absolute Gasteiger partial charge is 0.227 e. The Morgan fingerprint density at radius 2 is 1.81 bits per heavy atom. The lowest BCUT2D eigenvalue weighted by Crippen LogP contribution is -2.42. The first-order valence-corrected chi connectivity index (χ1v) is 11.6. The molecule has 166 valence electrons. The first-order chi connectivity index (χ1) is 15.7. The van der Waals surface area contributed by atoms with E-state index in [-0.39, 0.29) is 11.8 Å². The molecule has 5 heteroatoms. The predicted octanol–water partition coefficient (Wildman–Crippen LogP) is 4.96. The first-order valence-electron chi connectivity index (χ1n) is 11.6. The molecule has 2 aliphatic rings. The van der Waals surface area contributed by atoms with Crippen LogP contribution in [0.1, 0.15) is 31.2 Å². The van der Waals surface area contributed by atoms with Gasteiger partial charge in [0, 0.05) is 48.5 Å². The lowest BCUT2D eigenvalue weighted by molar-refractivity contribution is -0.117. The van der Waals surface area contributed by atoms with E-state index < -0.39 is 0 Å². The summed E-state index contributed by atoms with van der Waals surface area (Å²) in [6.45, 7) is 2.81. The largest absolute Gasteiger partial charge is 0.496 e. The number of carbonyl (C=O) groups is 1. The van der Waals surface area contributed by atoms with Crippen molar-refractivity contribution in [2.45, 2.75) is 38.3 Å². The average molecular weight is 430 g/mol. The zero-order chi connectivity index (χ0) is 21.9. The summed E-state index contributed by atoms with van der Waals surface area (Å²) in [5, 5.41) is 9.33. The molecule has 2 fully saturated rings. The standard InChI is InChI=1S/C27H31N3O2/c1-32-26-12-11-19-5-2-3-8-24(19)25(26)18-28-21-13-15-30(16-14-21)23-7-4-6-22(17-23)29-27(31)20-9-10-20/h2-8,11-12,17,20-21,28H,9-10,13-16,18H2,1H3,(H,29,31). The van der Waals surface area contributed by atoms with Crippen molar-refractivity contribution in [3.05, 3.63) is 66.2 Å². The Balaban J connectivity index is 1.19. The highest BCUT2D eigenvalue weighted by Gasteiger charge is 2.29. The van der Waals surface area contributed by atoms with Crippen LogP contribution in [0.5, 0.6) is 5.75 Å². The van der Waals surface area contributed by atoms with E-state index >= 15 is 0 Å². The molecule has 5 nitrogen and oxygen atoms in total. The third kappa shape index (κ3) is 4.58. The summed E-state index contributed by atoms with van der Waals surface area (Å²) < 4.78 is 5.65. The number of ether oxygens (including phenoxy) is 1. The minimum atomic E-state index is 0.161. The number of hydrogen-bond acceptors (Lipinski definition) is 4. The van der Waals surface area contributed by atoms with Gasteiger partial charge in [-0.2, -0.15) is 0 Å². The van der Waals surface area contributed by atoms with Crippen molar-refractivity contribution in [2.24, 2.45) is 5.92 Å². The number of nitrogens with one attached hydrogen (secondary N) is 2. The number of nitrogens with zero attached hydrogens (tertiary/aromatic N) is 1. The van der Waals surface area contributed by atoms with Gasteiger partial charge in [0.2, 0.25) is 5.91 Å². The van der Waals surface area contributed by atoms with E-state index in [2.05, 4.69) is 64.1 Å². The van der Waals surface area contributed by atoms with Crippen LogP contribution in [0.4, 0.5) is 11.4 Å². The summed E-state index contributed by atoms with van der Waals surface area (Å²) in [7, 11) is 1.74. The number of methoxy groups -OCH3 is 1. The van der Waals surface area contributed by atoms with Crippen molar-refractivity contribution < 1.29 is 9.53 Å². The topological polar surface area (TPSA) is 53.6 Å². The van der Waals surface area contributed by atoms with Crippen LogP contribution in [0.3, 0.4) is 0 Å². The molecule has 0 atom stereocenters. The molecule has 3 aromatic carbocycles. The summed E-state index contributed by atoms with van der Waals surface area (Å²) in [6, 6.07) is 21.4. The van der Waals surface area contributed by atoms with E-state index in [1.165, 1.54) is 22.0 Å². The molecule has 1 saturated carbocycles. The third-order valence-electron chi connectivity index (χ3n) is 6.71. The second-order valence-electron chi connectivity index (χ2n) is 8.92. The normalized spacial score (nSPS) is 16.8. The Hall–Kier alpha value is -3.05. The molecule has 1 heterocycles. The van der Waals surface area contributed by atoms with Crippen molar-refractivity contribution in [3.8, 4) is 5.75 Å². The highest BCUT2D eigenvalue weighted by molar-refractivity contribution is 5.94. The zero-order valence-corrected chi connectivity index (χ0v) is 18.6. The van der Waals surface area contributed by atoms with E-state index in [0.717, 1.165) is 56.8 Å². The fourth-order valence-electron chi connectivity index (χ4n) is 4.65. The molecule has 2 N–H and O–H groups in total. The van der Waals surface area contributed by atoms with E-state index in [0.29, 0.717) is 6.04 Å². The van der Waals surface area contributed by atoms with Crippen molar-refractivity contribution >= 4 is 28.1 Å². The minimum absolute atomic E-state index is 0.161. The van der Waals surface area contributed by atoms with Gasteiger partial charge in [-0.05, 0) is 60.7 Å². The van der Waals surface area contributed by atoms with Crippen molar-refractivity contribution in [1.82, 2.24) is 5.32 Å². The third-order valence-corrected chi connectivity index (χ3v) is 6.71. The van der Waals surface area contributed by atoms with E-state index in [4.69, 9.17) is 4.74 Å². The van der Waals surface area contributed by atoms with Crippen LogP contribution in [0.25, 0.3) is 10.8 Å². The number of fused-ring (bicyclic) bond motifs is 1. The maximum Gasteiger partial charge on any atom is 0.227 e. The summed E-state index contributed by atoms with van der Waals surface area (Å²) in [5.41, 5.74) is 3.32. The van der Waals surface area contributed by atoms with Gasteiger partial charge in [0.15, 0.2) is 0 Å². The maximum atomic E-state index is 12.1. The predicted molar refractivity (Wildman–Crippen MR) is 130 cm³/mol. The molecule has 32 heavy (non-hydrogen) atoms. The van der Waals surface area contributed by atoms with Gasteiger partial charge in [-0.15, -0.1) is 0 Å². The van der Waals surface area contributed by atoms with Gasteiger partial charge >= 0.3 is 0 Å².